The molecule has 2 amide bonds. The zero-order valence-electron chi connectivity index (χ0n) is 6.41. The number of carbonyl (C=O) groups is 2. The van der Waals surface area contributed by atoms with Crippen LogP contribution in [-0.2, 0) is 4.79 Å². The molecule has 1 saturated heterocycles. The van der Waals surface area contributed by atoms with E-state index < -0.39 is 0 Å². The zero-order chi connectivity index (χ0) is 9.14. The lowest BCUT2D eigenvalue weighted by Gasteiger charge is -2.09. The Balaban J connectivity index is 2.54. The van der Waals surface area contributed by atoms with Crippen molar-refractivity contribution in [2.24, 2.45) is 0 Å². The largest absolute Gasteiger partial charge is 0.326 e. The molecule has 1 rings (SSSR count). The van der Waals surface area contributed by atoms with Crippen LogP contribution in [0, 0.1) is 0 Å². The Morgan fingerprint density at radius 1 is 1.83 bits per heavy atom. The normalized spacial score (nSPS) is 23.7. The van der Waals surface area contributed by atoms with Crippen LogP contribution in [0.25, 0.3) is 0 Å². The van der Waals surface area contributed by atoms with Gasteiger partial charge in [0.15, 0.2) is 5.78 Å². The molecular weight excluding hydrogens is 213 g/mol. The lowest BCUT2D eigenvalue weighted by molar-refractivity contribution is -0.117. The molecule has 68 valence electrons. The molecule has 3 unspecified atom stereocenters. The SMILES string of the molecule is O=C(CP)[C@@H]1CN(PP)C(=O)N1. The molecular formula is C5H11N2O2P3. The van der Waals surface area contributed by atoms with Crippen LogP contribution in [0.5, 0.6) is 0 Å². The van der Waals surface area contributed by atoms with E-state index in [9.17, 15) is 9.59 Å². The van der Waals surface area contributed by atoms with Crippen LogP contribution < -0.4 is 5.32 Å². The molecule has 1 fully saturated rings. The summed E-state index contributed by atoms with van der Waals surface area (Å²) in [7, 11) is 5.20. The van der Waals surface area contributed by atoms with Crippen molar-refractivity contribution in [2.45, 2.75) is 6.04 Å². The van der Waals surface area contributed by atoms with E-state index in [1.807, 2.05) is 0 Å². The van der Waals surface area contributed by atoms with E-state index in [1.54, 1.807) is 4.67 Å². The molecule has 0 saturated carbocycles. The molecule has 0 radical (unpaired) electrons. The summed E-state index contributed by atoms with van der Waals surface area (Å²) in [6, 6.07) is -0.441. The lowest BCUT2D eigenvalue weighted by atomic mass is 10.2. The fourth-order valence-corrected chi connectivity index (χ4v) is 2.40. The van der Waals surface area contributed by atoms with Gasteiger partial charge in [-0.3, -0.25) is 4.79 Å². The van der Waals surface area contributed by atoms with Gasteiger partial charge in [-0.25, -0.2) is 4.79 Å². The second-order valence-corrected chi connectivity index (χ2v) is 4.39. The molecule has 1 aliphatic heterocycles. The van der Waals surface area contributed by atoms with Gasteiger partial charge >= 0.3 is 6.03 Å². The van der Waals surface area contributed by atoms with E-state index in [0.29, 0.717) is 21.1 Å². The number of hydrogen-bond donors (Lipinski definition) is 1. The molecule has 0 aliphatic carbocycles. The summed E-state index contributed by atoms with van der Waals surface area (Å²) in [5.41, 5.74) is 0. The molecule has 0 aromatic heterocycles. The standard InChI is InChI=1S/C5H11N2O2P3/c8-4(2-10)3-1-7(12-11)5(9)6-3/h3,12H,1-2,10-11H2,(H,6,9)/t3-/m0/s1. The molecule has 0 aromatic carbocycles. The smallest absolute Gasteiger partial charge is 0.321 e. The Morgan fingerprint density at radius 3 is 2.92 bits per heavy atom. The summed E-state index contributed by atoms with van der Waals surface area (Å²) in [5.74, 6) is 0.0686. The highest BCUT2D eigenvalue weighted by Crippen LogP contribution is 2.29. The van der Waals surface area contributed by atoms with Crippen LogP contribution in [0.15, 0.2) is 0 Å². The molecule has 1 heterocycles. The van der Waals surface area contributed by atoms with Gasteiger partial charge < -0.3 is 9.99 Å². The number of carbonyl (C=O) groups excluding carboxylic acids is 2. The van der Waals surface area contributed by atoms with Gasteiger partial charge in [0.05, 0.1) is 6.54 Å². The number of urea groups is 1. The highest BCUT2D eigenvalue weighted by atomic mass is 32.0. The minimum Gasteiger partial charge on any atom is -0.326 e. The topological polar surface area (TPSA) is 49.4 Å². The van der Waals surface area contributed by atoms with Gasteiger partial charge in [-0.05, 0) is 8.42 Å². The fourth-order valence-electron chi connectivity index (χ4n) is 0.974. The number of rotatable bonds is 3. The molecule has 0 bridgehead atoms. The Bertz CT molecular complexity index is 209. The molecule has 1 N–H and O–H groups in total. The van der Waals surface area contributed by atoms with Crippen molar-refractivity contribution >= 4 is 38.4 Å². The number of nitrogens with zero attached hydrogens (tertiary/aromatic N) is 1. The minimum atomic E-state index is -0.303. The Morgan fingerprint density at radius 2 is 2.50 bits per heavy atom. The molecule has 4 nitrogen and oxygen atoms in total. The maximum absolute atomic E-state index is 11.2. The lowest BCUT2D eigenvalue weighted by Crippen LogP contribution is -2.35. The summed E-state index contributed by atoms with van der Waals surface area (Å²) in [5, 5.41) is 2.62. The first kappa shape index (κ1) is 10.3. The molecule has 4 atom stereocenters. The highest BCUT2D eigenvalue weighted by Gasteiger charge is 2.31. The number of Topliss-reactive ketones (excluding diaryl/α,β-unsaturated/α-hetero) is 1. The van der Waals surface area contributed by atoms with Gasteiger partial charge in [0.25, 0.3) is 0 Å². The third-order valence-corrected chi connectivity index (χ3v) is 3.69. The third-order valence-electron chi connectivity index (χ3n) is 1.65. The van der Waals surface area contributed by atoms with Gasteiger partial charge in [-0.15, -0.1) is 9.24 Å². The molecule has 0 spiro atoms. The van der Waals surface area contributed by atoms with Crippen LogP contribution in [-0.4, -0.2) is 35.2 Å². The van der Waals surface area contributed by atoms with E-state index in [0.717, 1.165) is 0 Å². The molecule has 1 aliphatic rings. The summed E-state index contributed by atoms with van der Waals surface area (Å²) in [6.45, 7) is 0.508. The van der Waals surface area contributed by atoms with Crippen molar-refractivity contribution in [1.29, 1.82) is 0 Å². The van der Waals surface area contributed by atoms with Crippen LogP contribution >= 0.6 is 26.6 Å². The second kappa shape index (κ2) is 4.46. The van der Waals surface area contributed by atoms with Crippen LogP contribution in [0.1, 0.15) is 0 Å². The fraction of sp³-hybridized carbons (Fsp3) is 0.600. The van der Waals surface area contributed by atoms with Crippen molar-refractivity contribution < 1.29 is 9.59 Å². The van der Waals surface area contributed by atoms with Crippen molar-refractivity contribution in [1.82, 2.24) is 9.99 Å². The Hall–Kier alpha value is 0.230. The van der Waals surface area contributed by atoms with E-state index >= 15 is 0 Å². The average molecular weight is 224 g/mol. The number of amides is 2. The van der Waals surface area contributed by atoms with Gasteiger partial charge in [-0.1, -0.05) is 8.93 Å². The van der Waals surface area contributed by atoms with Crippen molar-refractivity contribution in [2.75, 3.05) is 12.7 Å². The van der Waals surface area contributed by atoms with Crippen molar-refractivity contribution in [3.05, 3.63) is 0 Å². The van der Waals surface area contributed by atoms with Gasteiger partial charge in [0, 0.05) is 6.16 Å². The first-order chi connectivity index (χ1) is 5.69. The number of hydrogen-bond acceptors (Lipinski definition) is 2. The number of nitrogens with one attached hydrogen (secondary N) is 1. The quantitative estimate of drug-likeness (QED) is 0.696. The van der Waals surface area contributed by atoms with Gasteiger partial charge in [-0.2, -0.15) is 0 Å². The Kier molecular flexibility index (Phi) is 3.83. The summed E-state index contributed by atoms with van der Waals surface area (Å²) in [6.07, 6.45) is 0.402. The van der Waals surface area contributed by atoms with Crippen molar-refractivity contribution in [3.63, 3.8) is 0 Å². The van der Waals surface area contributed by atoms with Crippen LogP contribution in [0.3, 0.4) is 0 Å². The highest BCUT2D eigenvalue weighted by molar-refractivity contribution is 8.01. The predicted molar refractivity (Wildman–Crippen MR) is 56.6 cm³/mol. The molecule has 0 aromatic rings. The first-order valence-corrected chi connectivity index (χ1v) is 7.03. The first-order valence-electron chi connectivity index (χ1n) is 3.46. The average Bonchev–Trinajstić information content (AvgIpc) is 2.45. The van der Waals surface area contributed by atoms with Gasteiger partial charge in [0.1, 0.15) is 6.04 Å². The summed E-state index contributed by atoms with van der Waals surface area (Å²) < 4.78 is 1.62. The van der Waals surface area contributed by atoms with E-state index in [4.69, 9.17) is 0 Å². The van der Waals surface area contributed by atoms with Crippen LogP contribution in [0.2, 0.25) is 0 Å². The minimum absolute atomic E-state index is 0.0686. The maximum atomic E-state index is 11.2. The van der Waals surface area contributed by atoms with Gasteiger partial charge in [0.2, 0.25) is 0 Å². The van der Waals surface area contributed by atoms with Crippen LogP contribution in [0.4, 0.5) is 4.79 Å². The van der Waals surface area contributed by atoms with E-state index in [2.05, 4.69) is 23.5 Å². The zero-order valence-corrected chi connectivity index (χ0v) is 9.72. The molecule has 7 heteroatoms. The predicted octanol–water partition coefficient (Wildman–Crippen LogP) is 0.208. The maximum Gasteiger partial charge on any atom is 0.321 e. The monoisotopic (exact) mass is 224 g/mol. The summed E-state index contributed by atoms with van der Waals surface area (Å²) >= 11 is 0. The summed E-state index contributed by atoms with van der Waals surface area (Å²) in [4.78, 5) is 22.2. The van der Waals surface area contributed by atoms with E-state index in [1.165, 1.54) is 0 Å². The van der Waals surface area contributed by atoms with Crippen molar-refractivity contribution in [3.8, 4) is 0 Å². The second-order valence-electron chi connectivity index (χ2n) is 2.41. The Labute approximate surface area is 77.4 Å². The van der Waals surface area contributed by atoms with E-state index in [-0.39, 0.29) is 17.9 Å². The molecule has 12 heavy (non-hydrogen) atoms. The third kappa shape index (κ3) is 2.13. The number of ketones is 1.